The van der Waals surface area contributed by atoms with E-state index in [-0.39, 0.29) is 6.04 Å². The highest BCUT2D eigenvalue weighted by molar-refractivity contribution is 5.73. The number of alkyl halides is 3. The number of hydrogen-bond donors (Lipinski definition) is 3. The molecule has 0 aromatic heterocycles. The average Bonchev–Trinajstić information content (AvgIpc) is 2.94. The number of aliphatic carboxylic acids is 1. The van der Waals surface area contributed by atoms with Crippen molar-refractivity contribution >= 4 is 5.97 Å². The highest BCUT2D eigenvalue weighted by atomic mass is 19.4. The van der Waals surface area contributed by atoms with E-state index in [0.29, 0.717) is 18.9 Å². The lowest BCUT2D eigenvalue weighted by Crippen LogP contribution is -2.30. The maximum absolute atomic E-state index is 10.6. The summed E-state index contributed by atoms with van der Waals surface area (Å²) in [4.78, 5) is 20.8. The molecule has 0 aliphatic carbocycles. The number of halogens is 3. The van der Waals surface area contributed by atoms with Gasteiger partial charge < -0.3 is 21.1 Å². The molecule has 1 heterocycles. The number of carboxylic acids is 1. The maximum Gasteiger partial charge on any atom is 0.490 e. The SMILES string of the molecule is N[C@H](CN1CCN/C1=C\[N+](=O)[O-])c1ccccc1.O=C(O)C(F)(F)F. The van der Waals surface area contributed by atoms with Crippen LogP contribution in [-0.4, -0.2) is 46.7 Å². The molecule has 0 spiro atoms. The third-order valence-electron chi connectivity index (χ3n) is 3.14. The Morgan fingerprint density at radius 1 is 1.44 bits per heavy atom. The molecular weight excluding hydrogens is 345 g/mol. The Hall–Kier alpha value is -2.82. The van der Waals surface area contributed by atoms with E-state index in [1.165, 1.54) is 0 Å². The first kappa shape index (κ1) is 20.2. The molecule has 0 saturated carbocycles. The summed E-state index contributed by atoms with van der Waals surface area (Å²) in [7, 11) is 0. The van der Waals surface area contributed by atoms with Crippen LogP contribution in [0.2, 0.25) is 0 Å². The molecule has 4 N–H and O–H groups in total. The molecule has 8 nitrogen and oxygen atoms in total. The molecule has 0 bridgehead atoms. The van der Waals surface area contributed by atoms with Crippen molar-refractivity contribution < 1.29 is 28.0 Å². The standard InChI is InChI=1S/C12H16N4O2.C2HF3O2/c13-11(10-4-2-1-3-5-10)8-15-7-6-14-12(15)9-16(17)18;3-2(4,5)1(6)7/h1-5,9,11,14H,6-8,13H2;(H,6,7)/b12-9+;/t11-;/m1./s1. The van der Waals surface area contributed by atoms with Gasteiger partial charge in [-0.25, -0.2) is 4.79 Å². The van der Waals surface area contributed by atoms with Crippen LogP contribution in [-0.2, 0) is 4.79 Å². The third kappa shape index (κ3) is 7.08. The van der Waals surface area contributed by atoms with Crippen LogP contribution in [0.4, 0.5) is 13.2 Å². The molecule has 1 fully saturated rings. The Kier molecular flexibility index (Phi) is 7.18. The number of nitro groups is 1. The van der Waals surface area contributed by atoms with Crippen molar-refractivity contribution in [1.82, 2.24) is 10.2 Å². The van der Waals surface area contributed by atoms with Crippen molar-refractivity contribution in [3.8, 4) is 0 Å². The van der Waals surface area contributed by atoms with Crippen molar-refractivity contribution in [1.29, 1.82) is 0 Å². The van der Waals surface area contributed by atoms with Gasteiger partial charge in [-0.15, -0.1) is 0 Å². The lowest BCUT2D eigenvalue weighted by atomic mass is 10.1. The van der Waals surface area contributed by atoms with Crippen LogP contribution in [0.25, 0.3) is 0 Å². The fourth-order valence-electron chi connectivity index (χ4n) is 2.01. The number of carbonyl (C=O) groups is 1. The van der Waals surface area contributed by atoms with Crippen LogP contribution >= 0.6 is 0 Å². The highest BCUT2D eigenvalue weighted by Crippen LogP contribution is 2.15. The van der Waals surface area contributed by atoms with E-state index in [4.69, 9.17) is 15.6 Å². The largest absolute Gasteiger partial charge is 0.490 e. The van der Waals surface area contributed by atoms with Crippen LogP contribution in [0.1, 0.15) is 11.6 Å². The van der Waals surface area contributed by atoms with Crippen LogP contribution in [0.15, 0.2) is 42.4 Å². The summed E-state index contributed by atoms with van der Waals surface area (Å²) in [5, 5.41) is 20.6. The molecule has 1 atom stereocenters. The summed E-state index contributed by atoms with van der Waals surface area (Å²) in [5.41, 5.74) is 7.13. The fraction of sp³-hybridized carbons (Fsp3) is 0.357. The van der Waals surface area contributed by atoms with Crippen molar-refractivity contribution in [2.75, 3.05) is 19.6 Å². The number of nitrogens with two attached hydrogens (primary N) is 1. The summed E-state index contributed by atoms with van der Waals surface area (Å²) in [5.74, 6) is -2.22. The minimum atomic E-state index is -5.08. The Labute approximate surface area is 140 Å². The van der Waals surface area contributed by atoms with Crippen molar-refractivity contribution in [3.63, 3.8) is 0 Å². The molecular formula is C14H17F3N4O4. The van der Waals surface area contributed by atoms with Gasteiger partial charge >= 0.3 is 12.1 Å². The van der Waals surface area contributed by atoms with E-state index in [2.05, 4.69) is 5.32 Å². The Morgan fingerprint density at radius 3 is 2.48 bits per heavy atom. The minimum absolute atomic E-state index is 0.152. The first-order valence-electron chi connectivity index (χ1n) is 7.06. The third-order valence-corrected chi connectivity index (χ3v) is 3.14. The second-order valence-corrected chi connectivity index (χ2v) is 4.99. The molecule has 1 aromatic rings. The Morgan fingerprint density at radius 2 is 2.00 bits per heavy atom. The quantitative estimate of drug-likeness (QED) is 0.545. The number of hydrogen-bond acceptors (Lipinski definition) is 6. The Balaban J connectivity index is 0.000000381. The molecule has 2 rings (SSSR count). The van der Waals surface area contributed by atoms with Crippen LogP contribution in [0, 0.1) is 10.1 Å². The van der Waals surface area contributed by atoms with Crippen molar-refractivity contribution in [2.24, 2.45) is 5.73 Å². The van der Waals surface area contributed by atoms with Gasteiger partial charge in [0.25, 0.3) is 6.20 Å². The van der Waals surface area contributed by atoms with Gasteiger partial charge in [0.05, 0.1) is 4.92 Å². The van der Waals surface area contributed by atoms with Gasteiger partial charge in [-0.3, -0.25) is 10.1 Å². The molecule has 0 amide bonds. The monoisotopic (exact) mass is 362 g/mol. The number of carboxylic acid groups (broad SMARTS) is 1. The highest BCUT2D eigenvalue weighted by Gasteiger charge is 2.38. The zero-order valence-corrected chi connectivity index (χ0v) is 12.9. The number of nitrogens with zero attached hydrogens (tertiary/aromatic N) is 2. The van der Waals surface area contributed by atoms with E-state index in [1.807, 2.05) is 35.2 Å². The van der Waals surface area contributed by atoms with Crippen LogP contribution < -0.4 is 11.1 Å². The predicted molar refractivity (Wildman–Crippen MR) is 81.7 cm³/mol. The summed E-state index contributed by atoms with van der Waals surface area (Å²) < 4.78 is 31.7. The lowest BCUT2D eigenvalue weighted by molar-refractivity contribution is -0.404. The summed E-state index contributed by atoms with van der Waals surface area (Å²) >= 11 is 0. The number of rotatable bonds is 4. The topological polar surface area (TPSA) is 122 Å². The average molecular weight is 362 g/mol. The molecule has 1 aliphatic heterocycles. The zero-order chi connectivity index (χ0) is 19.0. The first-order chi connectivity index (χ1) is 11.6. The lowest BCUT2D eigenvalue weighted by Gasteiger charge is -2.22. The minimum Gasteiger partial charge on any atom is -0.475 e. The van der Waals surface area contributed by atoms with Gasteiger partial charge in [0.15, 0.2) is 5.82 Å². The van der Waals surface area contributed by atoms with E-state index in [0.717, 1.165) is 18.3 Å². The zero-order valence-electron chi connectivity index (χ0n) is 12.9. The van der Waals surface area contributed by atoms with Crippen LogP contribution in [0.3, 0.4) is 0 Å². The van der Waals surface area contributed by atoms with Crippen molar-refractivity contribution in [2.45, 2.75) is 12.2 Å². The molecule has 1 aromatic carbocycles. The normalized spacial score (nSPS) is 16.6. The van der Waals surface area contributed by atoms with Gasteiger partial charge in [-0.05, 0) is 5.56 Å². The number of benzene rings is 1. The molecule has 1 saturated heterocycles. The molecule has 11 heteroatoms. The fourth-order valence-corrected chi connectivity index (χ4v) is 2.01. The van der Waals surface area contributed by atoms with E-state index in [1.54, 1.807) is 0 Å². The van der Waals surface area contributed by atoms with Gasteiger partial charge in [-0.1, -0.05) is 30.3 Å². The summed E-state index contributed by atoms with van der Waals surface area (Å²) in [6.07, 6.45) is -4.09. The van der Waals surface area contributed by atoms with E-state index in [9.17, 15) is 23.3 Å². The molecule has 0 unspecified atom stereocenters. The predicted octanol–water partition coefficient (Wildman–Crippen LogP) is 1.30. The van der Waals surface area contributed by atoms with E-state index >= 15 is 0 Å². The molecule has 0 radical (unpaired) electrons. The van der Waals surface area contributed by atoms with Gasteiger partial charge in [-0.2, -0.15) is 13.2 Å². The second-order valence-electron chi connectivity index (χ2n) is 4.99. The van der Waals surface area contributed by atoms with Gasteiger partial charge in [0, 0.05) is 25.7 Å². The Bertz CT molecular complexity index is 622. The second kappa shape index (κ2) is 8.87. The van der Waals surface area contributed by atoms with E-state index < -0.39 is 17.1 Å². The van der Waals surface area contributed by atoms with Crippen molar-refractivity contribution in [3.05, 3.63) is 58.0 Å². The van der Waals surface area contributed by atoms with Crippen LogP contribution in [0.5, 0.6) is 0 Å². The maximum atomic E-state index is 10.6. The molecule has 138 valence electrons. The summed E-state index contributed by atoms with van der Waals surface area (Å²) in [6, 6.07) is 9.58. The number of nitrogens with one attached hydrogen (secondary N) is 1. The smallest absolute Gasteiger partial charge is 0.475 e. The first-order valence-corrected chi connectivity index (χ1v) is 7.06. The van der Waals surface area contributed by atoms with Gasteiger partial charge in [0.1, 0.15) is 0 Å². The molecule has 25 heavy (non-hydrogen) atoms. The summed E-state index contributed by atoms with van der Waals surface area (Å²) in [6.45, 7) is 2.01. The van der Waals surface area contributed by atoms with Gasteiger partial charge in [0.2, 0.25) is 0 Å². The molecule has 1 aliphatic rings.